The van der Waals surface area contributed by atoms with E-state index < -0.39 is 0 Å². The number of carbonyl (C=O) groups is 1. The van der Waals surface area contributed by atoms with Gasteiger partial charge in [0.05, 0.1) is 6.61 Å². The lowest BCUT2D eigenvalue weighted by Gasteiger charge is -2.41. The Morgan fingerprint density at radius 1 is 1.16 bits per heavy atom. The van der Waals surface area contributed by atoms with Crippen LogP contribution in [0.4, 0.5) is 9.18 Å². The van der Waals surface area contributed by atoms with Crippen LogP contribution in [0.2, 0.25) is 0 Å². The highest BCUT2D eigenvalue weighted by Gasteiger charge is 2.30. The minimum Gasteiger partial charge on any atom is -0.493 e. The Kier molecular flexibility index (Phi) is 8.51. The molecule has 1 fully saturated rings. The number of carbonyl (C=O) groups excluding carboxylic acids is 1. The molecule has 2 atom stereocenters. The number of nitrogens with zero attached hydrogens (tertiary/aromatic N) is 2. The first-order valence-corrected chi connectivity index (χ1v) is 11.5. The Bertz CT molecular complexity index is 854. The fourth-order valence-electron chi connectivity index (χ4n) is 3.95. The van der Waals surface area contributed by atoms with Crippen LogP contribution in [0.1, 0.15) is 44.7 Å². The largest absolute Gasteiger partial charge is 0.493 e. The summed E-state index contributed by atoms with van der Waals surface area (Å²) in [6, 6.07) is 14.7. The number of benzene rings is 2. The average Bonchev–Trinajstić information content (AvgIpc) is 2.78. The molecule has 1 N–H and O–H groups in total. The van der Waals surface area contributed by atoms with E-state index in [2.05, 4.69) is 38.0 Å². The van der Waals surface area contributed by atoms with Gasteiger partial charge in [0, 0.05) is 31.7 Å². The lowest BCUT2D eigenvalue weighted by molar-refractivity contribution is 0.0983. The summed E-state index contributed by atoms with van der Waals surface area (Å²) in [6.45, 7) is 8.99. The minimum absolute atomic E-state index is 0.0868. The van der Waals surface area contributed by atoms with Crippen molar-refractivity contribution in [2.75, 3.05) is 20.2 Å². The quantitative estimate of drug-likeness (QED) is 0.623. The van der Waals surface area contributed by atoms with E-state index in [-0.39, 0.29) is 17.9 Å². The van der Waals surface area contributed by atoms with Crippen molar-refractivity contribution in [3.05, 3.63) is 65.5 Å². The number of halogens is 1. The predicted octanol–water partition coefficient (Wildman–Crippen LogP) is 5.06. The van der Waals surface area contributed by atoms with Gasteiger partial charge in [0.1, 0.15) is 11.6 Å². The lowest BCUT2D eigenvalue weighted by Crippen LogP contribution is -2.51. The molecule has 5 nitrogen and oxygen atoms in total. The molecule has 2 aromatic carbocycles. The molecule has 174 valence electrons. The highest BCUT2D eigenvalue weighted by atomic mass is 19.1. The second kappa shape index (κ2) is 11.3. The number of hydrogen-bond donors (Lipinski definition) is 1. The van der Waals surface area contributed by atoms with Crippen molar-refractivity contribution >= 4 is 6.03 Å². The molecule has 1 aliphatic heterocycles. The van der Waals surface area contributed by atoms with Gasteiger partial charge in [0.2, 0.25) is 0 Å². The zero-order chi connectivity index (χ0) is 23.1. The highest BCUT2D eigenvalue weighted by Crippen LogP contribution is 2.23. The Morgan fingerprint density at radius 3 is 2.44 bits per heavy atom. The van der Waals surface area contributed by atoms with E-state index in [1.54, 1.807) is 12.1 Å². The molecule has 1 heterocycles. The zero-order valence-electron chi connectivity index (χ0n) is 19.7. The first kappa shape index (κ1) is 24.1. The smallest absolute Gasteiger partial charge is 0.318 e. The van der Waals surface area contributed by atoms with Gasteiger partial charge in [-0.05, 0) is 68.1 Å². The van der Waals surface area contributed by atoms with Gasteiger partial charge in [-0.3, -0.25) is 0 Å². The summed E-state index contributed by atoms with van der Waals surface area (Å²) in [4.78, 5) is 17.5. The molecular formula is C26H36FN3O2. The number of urea groups is 1. The molecule has 0 radical (unpaired) electrons. The van der Waals surface area contributed by atoms with Crippen LogP contribution in [-0.4, -0.2) is 48.1 Å². The predicted molar refractivity (Wildman–Crippen MR) is 126 cm³/mol. The molecule has 2 unspecified atom stereocenters. The van der Waals surface area contributed by atoms with E-state index in [4.69, 9.17) is 4.74 Å². The number of ether oxygens (including phenoxy) is 1. The third kappa shape index (κ3) is 6.95. The summed E-state index contributed by atoms with van der Waals surface area (Å²) in [5.74, 6) is 1.05. The van der Waals surface area contributed by atoms with Crippen molar-refractivity contribution < 1.29 is 13.9 Å². The maximum atomic E-state index is 13.3. The number of rotatable bonds is 8. The summed E-state index contributed by atoms with van der Waals surface area (Å²) >= 11 is 0. The summed E-state index contributed by atoms with van der Waals surface area (Å²) in [7, 11) is 2.12. The molecule has 0 aliphatic carbocycles. The number of likely N-dealkylation sites (tertiary alicyclic amines) is 1. The topological polar surface area (TPSA) is 44.8 Å². The van der Waals surface area contributed by atoms with E-state index in [0.717, 1.165) is 36.3 Å². The van der Waals surface area contributed by atoms with Crippen molar-refractivity contribution in [1.82, 2.24) is 15.1 Å². The third-order valence-corrected chi connectivity index (χ3v) is 6.10. The van der Waals surface area contributed by atoms with Crippen molar-refractivity contribution in [3.8, 4) is 5.75 Å². The second-order valence-corrected chi connectivity index (χ2v) is 9.27. The standard InChI is InChI=1S/C26H36FN3O2/c1-19(2)18-32-25-11-7-21(8-12-25)16-28-26(31)30(17-22-5-9-23(27)10-6-22)24-13-14-29(4)20(3)15-24/h5-12,19-20,24H,13-18H2,1-4H3,(H,28,31). The highest BCUT2D eigenvalue weighted by molar-refractivity contribution is 5.74. The van der Waals surface area contributed by atoms with Crippen LogP contribution in [0.3, 0.4) is 0 Å². The van der Waals surface area contributed by atoms with E-state index in [1.165, 1.54) is 12.1 Å². The fourth-order valence-corrected chi connectivity index (χ4v) is 3.95. The SMILES string of the molecule is CC(C)COc1ccc(CNC(=O)N(Cc2ccc(F)cc2)C2CCN(C)C(C)C2)cc1. The van der Waals surface area contributed by atoms with Gasteiger partial charge in [0.15, 0.2) is 0 Å². The number of amides is 2. The van der Waals surface area contributed by atoms with Crippen LogP contribution in [0.25, 0.3) is 0 Å². The molecule has 6 heteroatoms. The van der Waals surface area contributed by atoms with Crippen LogP contribution < -0.4 is 10.1 Å². The molecule has 0 saturated carbocycles. The Labute approximate surface area is 191 Å². The Morgan fingerprint density at radius 2 is 1.81 bits per heavy atom. The van der Waals surface area contributed by atoms with Gasteiger partial charge in [-0.2, -0.15) is 0 Å². The average molecular weight is 442 g/mol. The van der Waals surface area contributed by atoms with Gasteiger partial charge in [-0.15, -0.1) is 0 Å². The van der Waals surface area contributed by atoms with Crippen LogP contribution in [0, 0.1) is 11.7 Å². The van der Waals surface area contributed by atoms with E-state index in [1.807, 2.05) is 29.2 Å². The molecule has 0 spiro atoms. The van der Waals surface area contributed by atoms with Gasteiger partial charge in [-0.1, -0.05) is 38.1 Å². The fraction of sp³-hybridized carbons (Fsp3) is 0.500. The monoisotopic (exact) mass is 441 g/mol. The van der Waals surface area contributed by atoms with Gasteiger partial charge in [-0.25, -0.2) is 9.18 Å². The summed E-state index contributed by atoms with van der Waals surface area (Å²) in [6.07, 6.45) is 1.85. The van der Waals surface area contributed by atoms with E-state index in [0.29, 0.717) is 31.7 Å². The molecule has 0 bridgehead atoms. The van der Waals surface area contributed by atoms with E-state index in [9.17, 15) is 9.18 Å². The summed E-state index contributed by atoms with van der Waals surface area (Å²) in [5.41, 5.74) is 1.95. The molecule has 0 aromatic heterocycles. The Balaban J connectivity index is 1.64. The van der Waals surface area contributed by atoms with Crippen LogP contribution in [0.5, 0.6) is 5.75 Å². The second-order valence-electron chi connectivity index (χ2n) is 9.27. The van der Waals surface area contributed by atoms with Crippen molar-refractivity contribution in [2.24, 2.45) is 5.92 Å². The molecule has 3 rings (SSSR count). The first-order chi connectivity index (χ1) is 15.3. The van der Waals surface area contributed by atoms with Gasteiger partial charge >= 0.3 is 6.03 Å². The number of hydrogen-bond acceptors (Lipinski definition) is 3. The van der Waals surface area contributed by atoms with Crippen LogP contribution >= 0.6 is 0 Å². The summed E-state index contributed by atoms with van der Waals surface area (Å²) in [5, 5.41) is 3.08. The maximum Gasteiger partial charge on any atom is 0.318 e. The van der Waals surface area contributed by atoms with E-state index >= 15 is 0 Å². The number of nitrogens with one attached hydrogen (secondary N) is 1. The van der Waals surface area contributed by atoms with Gasteiger partial charge in [0.25, 0.3) is 0 Å². The minimum atomic E-state index is -0.265. The zero-order valence-corrected chi connectivity index (χ0v) is 19.7. The molecule has 2 amide bonds. The Hall–Kier alpha value is -2.60. The van der Waals surface area contributed by atoms with Crippen molar-refractivity contribution in [1.29, 1.82) is 0 Å². The number of piperidine rings is 1. The maximum absolute atomic E-state index is 13.3. The third-order valence-electron chi connectivity index (χ3n) is 6.10. The van der Waals surface area contributed by atoms with Crippen molar-refractivity contribution in [3.63, 3.8) is 0 Å². The molecular weight excluding hydrogens is 405 g/mol. The van der Waals surface area contributed by atoms with Crippen LogP contribution in [0.15, 0.2) is 48.5 Å². The van der Waals surface area contributed by atoms with Crippen LogP contribution in [-0.2, 0) is 13.1 Å². The molecule has 1 aliphatic rings. The summed E-state index contributed by atoms with van der Waals surface area (Å²) < 4.78 is 19.1. The van der Waals surface area contributed by atoms with Gasteiger partial charge < -0.3 is 19.9 Å². The first-order valence-electron chi connectivity index (χ1n) is 11.5. The lowest BCUT2D eigenvalue weighted by atomic mass is 9.97. The molecule has 2 aromatic rings. The molecule has 1 saturated heterocycles. The normalized spacial score (nSPS) is 19.1. The van der Waals surface area contributed by atoms with Crippen molar-refractivity contribution in [2.45, 2.75) is 58.8 Å². The molecule has 32 heavy (non-hydrogen) atoms.